The van der Waals surface area contributed by atoms with Crippen LogP contribution in [0.2, 0.25) is 0 Å². The molecule has 0 bridgehead atoms. The van der Waals surface area contributed by atoms with E-state index in [0.29, 0.717) is 12.8 Å². The van der Waals surface area contributed by atoms with Crippen LogP contribution in [0.3, 0.4) is 0 Å². The predicted molar refractivity (Wildman–Crippen MR) is 77.2 cm³/mol. The zero-order valence-corrected chi connectivity index (χ0v) is 13.5. The molecule has 0 saturated carbocycles. The van der Waals surface area contributed by atoms with Gasteiger partial charge in [0.15, 0.2) is 5.82 Å². The van der Waals surface area contributed by atoms with E-state index < -0.39 is 38.4 Å². The number of hydrogen-bond donors (Lipinski definition) is 3. The number of aliphatic hydroxyl groups excluding tert-OH is 1. The number of aromatic carboxylic acids is 1. The van der Waals surface area contributed by atoms with E-state index in [1.807, 2.05) is 0 Å². The van der Waals surface area contributed by atoms with Gasteiger partial charge in [-0.3, -0.25) is 0 Å². The molecule has 1 rings (SSSR count). The van der Waals surface area contributed by atoms with Gasteiger partial charge in [0.25, 0.3) is 0 Å². The van der Waals surface area contributed by atoms with Gasteiger partial charge in [-0.1, -0.05) is 15.9 Å². The molecule has 0 radical (unpaired) electrons. The number of sulfonamides is 1. The molecule has 0 aliphatic heterocycles. The van der Waals surface area contributed by atoms with Gasteiger partial charge in [-0.2, -0.15) is 0 Å². The SMILES string of the molecule is CC(O)CCCNS(=O)(=O)c1cc(Br)cc(C(=O)O)c1F. The van der Waals surface area contributed by atoms with Crippen molar-refractivity contribution in [2.24, 2.45) is 0 Å². The van der Waals surface area contributed by atoms with E-state index in [-0.39, 0.29) is 11.0 Å². The number of benzene rings is 1. The number of carboxylic acids is 1. The fourth-order valence-electron chi connectivity index (χ4n) is 1.60. The first-order valence-electron chi connectivity index (χ1n) is 6.05. The highest BCUT2D eigenvalue weighted by Crippen LogP contribution is 2.24. The minimum atomic E-state index is -4.17. The van der Waals surface area contributed by atoms with Gasteiger partial charge in [0.05, 0.1) is 11.7 Å². The van der Waals surface area contributed by atoms with Gasteiger partial charge in [0, 0.05) is 11.0 Å². The molecule has 0 saturated heterocycles. The maximum absolute atomic E-state index is 14.0. The van der Waals surface area contributed by atoms with E-state index in [2.05, 4.69) is 20.7 Å². The second kappa shape index (κ2) is 7.30. The van der Waals surface area contributed by atoms with Crippen LogP contribution >= 0.6 is 15.9 Å². The molecule has 0 amide bonds. The summed E-state index contributed by atoms with van der Waals surface area (Å²) in [5.74, 6) is -2.87. The van der Waals surface area contributed by atoms with Crippen LogP contribution in [0.15, 0.2) is 21.5 Å². The van der Waals surface area contributed by atoms with Crippen LogP contribution in [0.1, 0.15) is 30.1 Å². The normalized spacial score (nSPS) is 13.1. The summed E-state index contributed by atoms with van der Waals surface area (Å²) in [4.78, 5) is 10.2. The average Bonchev–Trinajstić information content (AvgIpc) is 2.36. The predicted octanol–water partition coefficient (Wildman–Crippen LogP) is 1.73. The zero-order valence-electron chi connectivity index (χ0n) is 11.1. The number of aliphatic hydroxyl groups is 1. The Morgan fingerprint density at radius 3 is 2.62 bits per heavy atom. The molecule has 0 fully saturated rings. The molecule has 0 spiro atoms. The standard InChI is InChI=1S/C12H15BrFNO5S/c1-7(16)3-2-4-15-21(19,20)10-6-8(13)5-9(11(10)14)12(17)18/h5-7,15-16H,2-4H2,1H3,(H,17,18). The molecule has 21 heavy (non-hydrogen) atoms. The molecular formula is C12H15BrFNO5S. The minimum Gasteiger partial charge on any atom is -0.478 e. The summed E-state index contributed by atoms with van der Waals surface area (Å²) in [6.45, 7) is 1.59. The lowest BCUT2D eigenvalue weighted by molar-refractivity contribution is 0.0691. The van der Waals surface area contributed by atoms with Gasteiger partial charge in [0.2, 0.25) is 10.0 Å². The highest BCUT2D eigenvalue weighted by Gasteiger charge is 2.24. The maximum atomic E-state index is 14.0. The summed E-state index contributed by atoms with van der Waals surface area (Å²) >= 11 is 2.95. The van der Waals surface area contributed by atoms with Gasteiger partial charge in [-0.15, -0.1) is 0 Å². The van der Waals surface area contributed by atoms with Gasteiger partial charge in [-0.05, 0) is 31.9 Å². The number of carboxylic acid groups (broad SMARTS) is 1. The lowest BCUT2D eigenvalue weighted by Gasteiger charge is -2.10. The summed E-state index contributed by atoms with van der Waals surface area (Å²) in [7, 11) is -4.17. The molecule has 1 atom stereocenters. The fraction of sp³-hybridized carbons (Fsp3) is 0.417. The van der Waals surface area contributed by atoms with E-state index in [4.69, 9.17) is 10.2 Å². The second-order valence-corrected chi connectivity index (χ2v) is 7.11. The topological polar surface area (TPSA) is 104 Å². The van der Waals surface area contributed by atoms with Crippen LogP contribution in [0, 0.1) is 5.82 Å². The number of rotatable bonds is 7. The molecule has 0 aliphatic carbocycles. The molecule has 3 N–H and O–H groups in total. The third-order valence-corrected chi connectivity index (χ3v) is 4.53. The quantitative estimate of drug-likeness (QED) is 0.622. The molecule has 1 aromatic carbocycles. The third-order valence-electron chi connectivity index (χ3n) is 2.61. The molecule has 1 unspecified atom stereocenters. The minimum absolute atomic E-state index is 0.0155. The van der Waals surface area contributed by atoms with Crippen LogP contribution in [0.4, 0.5) is 4.39 Å². The number of nitrogens with one attached hydrogen (secondary N) is 1. The average molecular weight is 384 g/mol. The third kappa shape index (κ3) is 5.03. The van der Waals surface area contributed by atoms with Crippen molar-refractivity contribution >= 4 is 31.9 Å². The first kappa shape index (κ1) is 18.0. The molecule has 1 aromatic rings. The molecule has 118 valence electrons. The van der Waals surface area contributed by atoms with Crippen LogP contribution in [-0.2, 0) is 10.0 Å². The van der Waals surface area contributed by atoms with Crippen LogP contribution in [0.25, 0.3) is 0 Å². The van der Waals surface area contributed by atoms with Gasteiger partial charge in [-0.25, -0.2) is 22.3 Å². The van der Waals surface area contributed by atoms with E-state index >= 15 is 0 Å². The number of hydrogen-bond acceptors (Lipinski definition) is 4. The van der Waals surface area contributed by atoms with Crippen molar-refractivity contribution in [1.82, 2.24) is 4.72 Å². The van der Waals surface area contributed by atoms with Crippen LogP contribution in [-0.4, -0.2) is 37.2 Å². The highest BCUT2D eigenvalue weighted by atomic mass is 79.9. The molecule has 6 nitrogen and oxygen atoms in total. The van der Waals surface area contributed by atoms with Crippen molar-refractivity contribution < 1.29 is 27.8 Å². The zero-order chi connectivity index (χ0) is 16.2. The lowest BCUT2D eigenvalue weighted by atomic mass is 10.2. The Morgan fingerprint density at radius 2 is 2.10 bits per heavy atom. The molecule has 0 aromatic heterocycles. The number of carbonyl (C=O) groups is 1. The summed E-state index contributed by atoms with van der Waals surface area (Å²) in [5.41, 5.74) is -0.728. The van der Waals surface area contributed by atoms with Crippen molar-refractivity contribution in [1.29, 1.82) is 0 Å². The van der Waals surface area contributed by atoms with E-state index in [9.17, 15) is 17.6 Å². The maximum Gasteiger partial charge on any atom is 0.338 e. The van der Waals surface area contributed by atoms with E-state index in [0.717, 1.165) is 12.1 Å². The lowest BCUT2D eigenvalue weighted by Crippen LogP contribution is -2.27. The monoisotopic (exact) mass is 383 g/mol. The smallest absolute Gasteiger partial charge is 0.338 e. The summed E-state index contributed by atoms with van der Waals surface area (Å²) in [6, 6.07) is 1.99. The Bertz CT molecular complexity index is 633. The molecular weight excluding hydrogens is 369 g/mol. The number of halogens is 2. The fourth-order valence-corrected chi connectivity index (χ4v) is 3.40. The van der Waals surface area contributed by atoms with E-state index in [1.165, 1.54) is 0 Å². The van der Waals surface area contributed by atoms with Crippen molar-refractivity contribution in [2.75, 3.05) is 6.54 Å². The van der Waals surface area contributed by atoms with Crippen LogP contribution in [0.5, 0.6) is 0 Å². The van der Waals surface area contributed by atoms with Gasteiger partial charge < -0.3 is 10.2 Å². The van der Waals surface area contributed by atoms with Crippen molar-refractivity contribution in [2.45, 2.75) is 30.8 Å². The Hall–Kier alpha value is -1.03. The van der Waals surface area contributed by atoms with Gasteiger partial charge >= 0.3 is 5.97 Å². The van der Waals surface area contributed by atoms with Crippen molar-refractivity contribution in [3.05, 3.63) is 28.0 Å². The first-order valence-corrected chi connectivity index (χ1v) is 8.33. The first-order chi connectivity index (χ1) is 9.65. The Morgan fingerprint density at radius 1 is 1.48 bits per heavy atom. The molecule has 0 aliphatic rings. The summed E-state index contributed by atoms with van der Waals surface area (Å²) in [6.07, 6.45) is 0.207. The summed E-state index contributed by atoms with van der Waals surface area (Å²) in [5, 5.41) is 17.9. The van der Waals surface area contributed by atoms with Crippen molar-refractivity contribution in [3.8, 4) is 0 Å². The van der Waals surface area contributed by atoms with Gasteiger partial charge in [0.1, 0.15) is 4.90 Å². The largest absolute Gasteiger partial charge is 0.478 e. The molecule has 9 heteroatoms. The van der Waals surface area contributed by atoms with Crippen molar-refractivity contribution in [3.63, 3.8) is 0 Å². The Kier molecular flexibility index (Phi) is 6.26. The van der Waals surface area contributed by atoms with E-state index in [1.54, 1.807) is 6.92 Å². The van der Waals surface area contributed by atoms with Crippen LogP contribution < -0.4 is 4.72 Å². The molecule has 0 heterocycles. The Balaban J connectivity index is 3.00. The summed E-state index contributed by atoms with van der Waals surface area (Å²) < 4.78 is 40.3. The second-order valence-electron chi connectivity index (χ2n) is 4.46. The Labute approximate surface area is 130 Å². The highest BCUT2D eigenvalue weighted by molar-refractivity contribution is 9.10.